The molecule has 0 saturated carbocycles. The van der Waals surface area contributed by atoms with Crippen LogP contribution in [-0.2, 0) is 9.13 Å². The highest BCUT2D eigenvalue weighted by Crippen LogP contribution is 2.51. The average Bonchev–Trinajstić information content (AvgIpc) is 1.60. The summed E-state index contributed by atoms with van der Waals surface area (Å²) in [5, 5.41) is -1.60. The molecular weight excluding hydrogens is 178 g/mol. The van der Waals surface area contributed by atoms with E-state index in [1.54, 1.807) is 0 Å². The van der Waals surface area contributed by atoms with Gasteiger partial charge in [0.25, 0.3) is 0 Å². The number of hydrogen-bond acceptors (Lipinski definition) is 2. The van der Waals surface area contributed by atoms with E-state index in [4.69, 9.17) is 14.7 Å². The van der Waals surface area contributed by atoms with Crippen molar-refractivity contribution in [2.24, 2.45) is 0 Å². The van der Waals surface area contributed by atoms with Gasteiger partial charge in [-0.05, 0) is 0 Å². The van der Waals surface area contributed by atoms with Crippen molar-refractivity contribution in [1.82, 2.24) is 0 Å². The Morgan fingerprint density at radius 2 is 2.00 bits per heavy atom. The molecule has 0 heterocycles. The van der Waals surface area contributed by atoms with Crippen LogP contribution >= 0.6 is 15.6 Å². The second kappa shape index (κ2) is 3.46. The summed E-state index contributed by atoms with van der Waals surface area (Å²) in [5.41, 5.74) is 0. The Labute approximate surface area is 58.4 Å². The highest BCUT2D eigenvalue weighted by molar-refractivity contribution is 7.65. The van der Waals surface area contributed by atoms with E-state index in [2.05, 4.69) is 6.58 Å². The summed E-state index contributed by atoms with van der Waals surface area (Å²) < 4.78 is 20.5. The van der Waals surface area contributed by atoms with Crippen LogP contribution in [0.1, 0.15) is 0 Å². The zero-order valence-electron chi connectivity index (χ0n) is 4.97. The molecule has 0 aliphatic rings. The van der Waals surface area contributed by atoms with Gasteiger partial charge >= 0.3 is 7.60 Å². The zero-order chi connectivity index (χ0) is 8.36. The van der Waals surface area contributed by atoms with E-state index in [0.717, 1.165) is 6.08 Å². The maximum Gasteiger partial charge on any atom is 0.341 e. The Morgan fingerprint density at radius 1 is 1.60 bits per heavy atom. The topological polar surface area (TPSA) is 94.8 Å². The molecular formula is C3H8O5P2. The summed E-state index contributed by atoms with van der Waals surface area (Å²) in [4.78, 5) is 25.0. The van der Waals surface area contributed by atoms with Gasteiger partial charge in [-0.1, -0.05) is 6.08 Å². The lowest BCUT2D eigenvalue weighted by Gasteiger charge is -2.09. The summed E-state index contributed by atoms with van der Waals surface area (Å²) in [6.07, 6.45) is 0.794. The van der Waals surface area contributed by atoms with Gasteiger partial charge in [0, 0.05) is 0 Å². The summed E-state index contributed by atoms with van der Waals surface area (Å²) in [5.74, 6) is 0. The molecule has 7 heteroatoms. The molecule has 60 valence electrons. The quantitative estimate of drug-likeness (QED) is 0.430. The first-order valence-corrected chi connectivity index (χ1v) is 5.41. The molecule has 3 N–H and O–H groups in total. The van der Waals surface area contributed by atoms with Crippen LogP contribution in [0, 0.1) is 0 Å². The minimum absolute atomic E-state index is 0.794. The predicted octanol–water partition coefficient (Wildman–Crippen LogP) is 0.143. The van der Waals surface area contributed by atoms with Gasteiger partial charge in [0.05, 0.1) is 0 Å². The molecule has 0 aromatic rings. The van der Waals surface area contributed by atoms with Gasteiger partial charge in [-0.15, -0.1) is 6.58 Å². The van der Waals surface area contributed by atoms with Crippen molar-refractivity contribution in [3.63, 3.8) is 0 Å². The van der Waals surface area contributed by atoms with Crippen molar-refractivity contribution >= 4 is 15.6 Å². The smallest absolute Gasteiger partial charge is 0.341 e. The minimum atomic E-state index is -4.47. The van der Waals surface area contributed by atoms with Crippen LogP contribution in [0.5, 0.6) is 0 Å². The van der Waals surface area contributed by atoms with E-state index in [1.165, 1.54) is 0 Å². The van der Waals surface area contributed by atoms with Crippen LogP contribution in [0.4, 0.5) is 0 Å². The lowest BCUT2D eigenvalue weighted by Crippen LogP contribution is -1.97. The third-order valence-electron chi connectivity index (χ3n) is 0.839. The van der Waals surface area contributed by atoms with Gasteiger partial charge in [0.1, 0.15) is 0 Å². The fourth-order valence-corrected chi connectivity index (χ4v) is 2.01. The molecule has 0 saturated heterocycles. The lowest BCUT2D eigenvalue weighted by atomic mass is 10.8. The van der Waals surface area contributed by atoms with Crippen molar-refractivity contribution in [3.05, 3.63) is 12.7 Å². The summed E-state index contributed by atoms with van der Waals surface area (Å²) in [6.45, 7) is 3.02. The fourth-order valence-electron chi connectivity index (χ4n) is 0.382. The molecule has 0 spiro atoms. The Bertz CT molecular complexity index is 193. The molecule has 0 aliphatic carbocycles. The molecule has 5 nitrogen and oxygen atoms in total. The van der Waals surface area contributed by atoms with Crippen molar-refractivity contribution in [3.8, 4) is 0 Å². The van der Waals surface area contributed by atoms with Crippen molar-refractivity contribution < 1.29 is 23.8 Å². The Hall–Kier alpha value is 0.0800. The van der Waals surface area contributed by atoms with Crippen LogP contribution in [0.15, 0.2) is 12.7 Å². The standard InChI is InChI=1S/C3H8O5P2/c1-2-3(9(4)5)10(6,7)8/h2-3,9H,1H2,(H,4,5)(H2,6,7,8). The third kappa shape index (κ3) is 2.78. The monoisotopic (exact) mass is 186 g/mol. The van der Waals surface area contributed by atoms with E-state index in [0.29, 0.717) is 0 Å². The van der Waals surface area contributed by atoms with Crippen LogP contribution < -0.4 is 0 Å². The fraction of sp³-hybridized carbons (Fsp3) is 0.333. The summed E-state index contributed by atoms with van der Waals surface area (Å²) >= 11 is 0. The van der Waals surface area contributed by atoms with E-state index >= 15 is 0 Å². The first-order valence-electron chi connectivity index (χ1n) is 2.30. The first kappa shape index (κ1) is 10.1. The first-order chi connectivity index (χ1) is 4.39. The SMILES string of the molecule is C=CC([PH](=O)O)P(=O)(O)O. The van der Waals surface area contributed by atoms with E-state index in [1.807, 2.05) is 0 Å². The number of hydrogen-bond donors (Lipinski definition) is 3. The third-order valence-corrected chi connectivity index (χ3v) is 4.19. The van der Waals surface area contributed by atoms with Crippen molar-refractivity contribution in [1.29, 1.82) is 0 Å². The molecule has 0 rings (SSSR count). The Morgan fingerprint density at radius 3 is 2.00 bits per heavy atom. The Kier molecular flexibility index (Phi) is 3.49. The highest BCUT2D eigenvalue weighted by atomic mass is 31.2. The van der Waals surface area contributed by atoms with Gasteiger partial charge in [0.2, 0.25) is 8.03 Å². The molecule has 2 atom stereocenters. The molecule has 2 unspecified atom stereocenters. The highest BCUT2D eigenvalue weighted by Gasteiger charge is 2.29. The predicted molar refractivity (Wildman–Crippen MR) is 37.2 cm³/mol. The molecule has 0 aromatic carbocycles. The molecule has 0 fully saturated rings. The van der Waals surface area contributed by atoms with Gasteiger partial charge in [-0.2, -0.15) is 0 Å². The maximum absolute atomic E-state index is 10.3. The molecule has 0 radical (unpaired) electrons. The second-order valence-corrected chi connectivity index (χ2v) is 5.13. The van der Waals surface area contributed by atoms with Crippen LogP contribution in [-0.4, -0.2) is 20.1 Å². The van der Waals surface area contributed by atoms with E-state index in [-0.39, 0.29) is 0 Å². The molecule has 0 aromatic heterocycles. The zero-order valence-corrected chi connectivity index (χ0v) is 6.86. The van der Waals surface area contributed by atoms with Gasteiger partial charge in [0.15, 0.2) is 5.40 Å². The van der Waals surface area contributed by atoms with Gasteiger partial charge in [-0.3, -0.25) is 9.13 Å². The van der Waals surface area contributed by atoms with E-state index < -0.39 is 21.0 Å². The number of allylic oxidation sites excluding steroid dienone is 1. The minimum Gasteiger partial charge on any atom is -0.345 e. The molecule has 0 amide bonds. The average molecular weight is 186 g/mol. The summed E-state index contributed by atoms with van der Waals surface area (Å²) in [6, 6.07) is 0. The van der Waals surface area contributed by atoms with Crippen LogP contribution in [0.2, 0.25) is 0 Å². The summed E-state index contributed by atoms with van der Waals surface area (Å²) in [7, 11) is -7.68. The van der Waals surface area contributed by atoms with Gasteiger partial charge in [-0.25, -0.2) is 0 Å². The largest absolute Gasteiger partial charge is 0.345 e. The van der Waals surface area contributed by atoms with Crippen LogP contribution in [0.3, 0.4) is 0 Å². The van der Waals surface area contributed by atoms with Crippen molar-refractivity contribution in [2.75, 3.05) is 0 Å². The van der Waals surface area contributed by atoms with E-state index in [9.17, 15) is 9.13 Å². The van der Waals surface area contributed by atoms with Gasteiger partial charge < -0.3 is 14.7 Å². The van der Waals surface area contributed by atoms with Crippen molar-refractivity contribution in [2.45, 2.75) is 5.40 Å². The molecule has 0 aliphatic heterocycles. The second-order valence-electron chi connectivity index (χ2n) is 1.61. The number of rotatable bonds is 3. The molecule has 0 bridgehead atoms. The lowest BCUT2D eigenvalue weighted by molar-refractivity contribution is 0.370. The Balaban J connectivity index is 4.53. The normalized spacial score (nSPS) is 17.9. The molecule has 10 heavy (non-hydrogen) atoms. The maximum atomic E-state index is 10.3. The van der Waals surface area contributed by atoms with Crippen LogP contribution in [0.25, 0.3) is 0 Å².